The van der Waals surface area contributed by atoms with Crippen molar-refractivity contribution in [2.75, 3.05) is 12.9 Å². The number of halogens is 1. The lowest BCUT2D eigenvalue weighted by Gasteiger charge is -2.11. The van der Waals surface area contributed by atoms with E-state index < -0.39 is 4.92 Å². The van der Waals surface area contributed by atoms with Gasteiger partial charge < -0.3 is 4.74 Å². The van der Waals surface area contributed by atoms with Gasteiger partial charge in [-0.1, -0.05) is 59.8 Å². The fraction of sp³-hybridized carbons (Fsp3) is 0.0833. The van der Waals surface area contributed by atoms with Gasteiger partial charge in [-0.3, -0.25) is 19.5 Å². The van der Waals surface area contributed by atoms with Crippen LogP contribution in [0.4, 0.5) is 5.69 Å². The van der Waals surface area contributed by atoms with Gasteiger partial charge in [0.15, 0.2) is 11.0 Å². The third-order valence-corrected chi connectivity index (χ3v) is 6.15. The van der Waals surface area contributed by atoms with Crippen molar-refractivity contribution >= 4 is 41.2 Å². The van der Waals surface area contributed by atoms with Crippen LogP contribution in [0.3, 0.4) is 0 Å². The van der Waals surface area contributed by atoms with Gasteiger partial charge in [0.1, 0.15) is 10.8 Å². The van der Waals surface area contributed by atoms with E-state index in [1.165, 1.54) is 30.1 Å². The normalized spacial score (nSPS) is 10.9. The van der Waals surface area contributed by atoms with Crippen molar-refractivity contribution < 1.29 is 14.5 Å². The van der Waals surface area contributed by atoms with Crippen LogP contribution in [0.15, 0.2) is 83.1 Å². The highest BCUT2D eigenvalue weighted by molar-refractivity contribution is 7.99. The molecule has 12 heteroatoms. The van der Waals surface area contributed by atoms with E-state index in [2.05, 4.69) is 20.7 Å². The molecule has 10 nitrogen and oxygen atoms in total. The Morgan fingerprint density at radius 1 is 1.17 bits per heavy atom. The van der Waals surface area contributed by atoms with Crippen LogP contribution in [0.25, 0.3) is 17.1 Å². The van der Waals surface area contributed by atoms with E-state index in [4.69, 9.17) is 16.3 Å². The molecule has 0 aliphatic heterocycles. The van der Waals surface area contributed by atoms with Gasteiger partial charge >= 0.3 is 0 Å². The molecule has 182 valence electrons. The number of amides is 1. The van der Waals surface area contributed by atoms with Crippen molar-refractivity contribution in [3.8, 4) is 22.8 Å². The van der Waals surface area contributed by atoms with Crippen molar-refractivity contribution in [2.24, 2.45) is 5.10 Å². The summed E-state index contributed by atoms with van der Waals surface area (Å²) in [5, 5.41) is 24.1. The van der Waals surface area contributed by atoms with Crippen LogP contribution in [0, 0.1) is 10.1 Å². The number of ether oxygens (including phenoxy) is 1. The summed E-state index contributed by atoms with van der Waals surface area (Å²) < 4.78 is 7.12. The number of methoxy groups -OCH3 is 1. The molecule has 0 fully saturated rings. The van der Waals surface area contributed by atoms with Crippen LogP contribution in [0.5, 0.6) is 5.75 Å². The molecule has 1 heterocycles. The minimum Gasteiger partial charge on any atom is -0.497 e. The predicted octanol–water partition coefficient (Wildman–Crippen LogP) is 4.75. The smallest absolute Gasteiger partial charge is 0.288 e. The van der Waals surface area contributed by atoms with Gasteiger partial charge in [0.2, 0.25) is 0 Å². The monoisotopic (exact) mass is 522 g/mol. The Labute approximate surface area is 215 Å². The lowest BCUT2D eigenvalue weighted by Crippen LogP contribution is -2.20. The summed E-state index contributed by atoms with van der Waals surface area (Å²) in [6.45, 7) is 0. The van der Waals surface area contributed by atoms with Crippen molar-refractivity contribution in [3.63, 3.8) is 0 Å². The molecular formula is C24H19ClN6O4S. The van der Waals surface area contributed by atoms with E-state index >= 15 is 0 Å². The number of hydrazone groups is 1. The lowest BCUT2D eigenvalue weighted by atomic mass is 10.2. The average Bonchev–Trinajstić information content (AvgIpc) is 3.33. The second-order valence-electron chi connectivity index (χ2n) is 7.26. The number of nitrogens with one attached hydrogen (secondary N) is 1. The summed E-state index contributed by atoms with van der Waals surface area (Å²) in [5.41, 5.74) is 4.28. The number of hydrogen-bond donors (Lipinski definition) is 1. The van der Waals surface area contributed by atoms with Crippen molar-refractivity contribution in [2.45, 2.75) is 5.16 Å². The summed E-state index contributed by atoms with van der Waals surface area (Å²) in [6.07, 6.45) is 1.30. The first-order valence-corrected chi connectivity index (χ1v) is 11.9. The second-order valence-corrected chi connectivity index (χ2v) is 8.61. The van der Waals surface area contributed by atoms with Crippen molar-refractivity contribution in [1.82, 2.24) is 20.2 Å². The second kappa shape index (κ2) is 11.5. The van der Waals surface area contributed by atoms with Crippen LogP contribution < -0.4 is 10.2 Å². The van der Waals surface area contributed by atoms with E-state index in [0.29, 0.717) is 22.3 Å². The Bertz CT molecular complexity index is 1410. The van der Waals surface area contributed by atoms with Gasteiger partial charge in [-0.05, 0) is 30.3 Å². The molecule has 0 atom stereocenters. The Morgan fingerprint density at radius 2 is 1.92 bits per heavy atom. The molecule has 1 amide bonds. The first-order chi connectivity index (χ1) is 17.5. The fourth-order valence-electron chi connectivity index (χ4n) is 3.19. The van der Waals surface area contributed by atoms with Crippen LogP contribution in [0.2, 0.25) is 5.02 Å². The van der Waals surface area contributed by atoms with E-state index in [9.17, 15) is 14.9 Å². The zero-order valence-electron chi connectivity index (χ0n) is 18.9. The number of hydrogen-bond acceptors (Lipinski definition) is 8. The largest absolute Gasteiger partial charge is 0.497 e. The average molecular weight is 523 g/mol. The molecule has 4 rings (SSSR count). The minimum absolute atomic E-state index is 0.0151. The standard InChI is InChI=1S/C24H19ClN6O4S/c1-35-19-10-8-18(9-11-19)30-23(17-5-3-2-4-6-17)28-29-24(30)36-15-22(32)27-26-14-16-7-12-20(25)21(13-16)31(33)34/h2-14H,15H2,1H3,(H,27,32)/b26-14+. The third kappa shape index (κ3) is 5.88. The highest BCUT2D eigenvalue weighted by Crippen LogP contribution is 2.29. The maximum atomic E-state index is 12.4. The maximum Gasteiger partial charge on any atom is 0.288 e. The highest BCUT2D eigenvalue weighted by atomic mass is 35.5. The maximum absolute atomic E-state index is 12.4. The number of carbonyl (C=O) groups is 1. The Hall–Kier alpha value is -4.22. The number of carbonyl (C=O) groups excluding carboxylic acids is 1. The summed E-state index contributed by atoms with van der Waals surface area (Å²) in [5.74, 6) is 0.975. The van der Waals surface area contributed by atoms with Crippen molar-refractivity contribution in [1.29, 1.82) is 0 Å². The Morgan fingerprint density at radius 3 is 2.61 bits per heavy atom. The van der Waals surface area contributed by atoms with Gasteiger partial charge in [0, 0.05) is 22.9 Å². The Kier molecular flexibility index (Phi) is 7.93. The van der Waals surface area contributed by atoms with Crippen LogP contribution >= 0.6 is 23.4 Å². The number of thioether (sulfide) groups is 1. The van der Waals surface area contributed by atoms with Gasteiger partial charge in [-0.15, -0.1) is 10.2 Å². The number of benzene rings is 3. The molecule has 36 heavy (non-hydrogen) atoms. The summed E-state index contributed by atoms with van der Waals surface area (Å²) >= 11 is 7.01. The zero-order valence-corrected chi connectivity index (χ0v) is 20.4. The van der Waals surface area contributed by atoms with Crippen LogP contribution in [-0.4, -0.2) is 44.7 Å². The highest BCUT2D eigenvalue weighted by Gasteiger charge is 2.17. The fourth-order valence-corrected chi connectivity index (χ4v) is 4.12. The SMILES string of the molecule is COc1ccc(-n2c(SCC(=O)N/N=C/c3ccc(Cl)c([N+](=O)[O-])c3)nnc2-c2ccccc2)cc1. The predicted molar refractivity (Wildman–Crippen MR) is 138 cm³/mol. The number of rotatable bonds is 9. The van der Waals surface area contributed by atoms with E-state index in [1.54, 1.807) is 13.2 Å². The third-order valence-electron chi connectivity index (χ3n) is 4.90. The molecule has 0 saturated heterocycles. The van der Waals surface area contributed by atoms with E-state index in [1.807, 2.05) is 59.2 Å². The first-order valence-electron chi connectivity index (χ1n) is 10.5. The minimum atomic E-state index is -0.586. The molecule has 1 N–H and O–H groups in total. The molecule has 0 saturated carbocycles. The van der Waals surface area contributed by atoms with E-state index in [-0.39, 0.29) is 22.4 Å². The van der Waals surface area contributed by atoms with Crippen molar-refractivity contribution in [3.05, 3.63) is 93.5 Å². The molecule has 1 aromatic heterocycles. The molecule has 3 aromatic carbocycles. The summed E-state index contributed by atoms with van der Waals surface area (Å²) in [6, 6.07) is 21.3. The number of nitro groups is 1. The number of nitrogens with zero attached hydrogens (tertiary/aromatic N) is 5. The molecule has 0 spiro atoms. The first kappa shape index (κ1) is 24.9. The molecule has 0 unspecified atom stereocenters. The molecule has 0 radical (unpaired) electrons. The number of aromatic nitrogens is 3. The van der Waals surface area contributed by atoms with E-state index in [0.717, 1.165) is 11.3 Å². The summed E-state index contributed by atoms with van der Waals surface area (Å²) in [7, 11) is 1.60. The topological polar surface area (TPSA) is 125 Å². The van der Waals surface area contributed by atoms with Crippen LogP contribution in [0.1, 0.15) is 5.56 Å². The van der Waals surface area contributed by atoms with Gasteiger partial charge in [-0.25, -0.2) is 5.43 Å². The van der Waals surface area contributed by atoms with Crippen LogP contribution in [-0.2, 0) is 4.79 Å². The zero-order chi connectivity index (χ0) is 25.5. The molecule has 4 aromatic rings. The Balaban J connectivity index is 1.48. The van der Waals surface area contributed by atoms with Gasteiger partial charge in [0.05, 0.1) is 24.0 Å². The van der Waals surface area contributed by atoms with Gasteiger partial charge in [-0.2, -0.15) is 5.10 Å². The molecular weight excluding hydrogens is 504 g/mol. The molecule has 0 aliphatic rings. The number of nitro benzene ring substituents is 1. The quantitative estimate of drug-likeness (QED) is 0.145. The lowest BCUT2D eigenvalue weighted by molar-refractivity contribution is -0.384. The molecule has 0 aliphatic carbocycles. The summed E-state index contributed by atoms with van der Waals surface area (Å²) in [4.78, 5) is 22.8. The molecule has 0 bridgehead atoms. The van der Waals surface area contributed by atoms with Gasteiger partial charge in [0.25, 0.3) is 11.6 Å².